The molecule has 2 nitrogen and oxygen atoms in total. The van der Waals surface area contributed by atoms with E-state index in [9.17, 15) is 9.90 Å². The molecule has 3 heteroatoms. The summed E-state index contributed by atoms with van der Waals surface area (Å²) in [6, 6.07) is 4.08. The molecule has 0 saturated heterocycles. The SMILES string of the molecule is Cc1ccc(CC2=C(O)CCCC2=O)s1. The van der Waals surface area contributed by atoms with E-state index in [2.05, 4.69) is 0 Å². The molecule has 0 bridgehead atoms. The van der Waals surface area contributed by atoms with Gasteiger partial charge in [0.2, 0.25) is 0 Å². The quantitative estimate of drug-likeness (QED) is 0.834. The van der Waals surface area contributed by atoms with Crippen molar-refractivity contribution in [2.75, 3.05) is 0 Å². The minimum Gasteiger partial charge on any atom is -0.512 e. The Kier molecular flexibility index (Phi) is 2.91. The van der Waals surface area contributed by atoms with Gasteiger partial charge in [0.1, 0.15) is 0 Å². The molecule has 0 unspecified atom stereocenters. The Hall–Kier alpha value is -1.09. The van der Waals surface area contributed by atoms with Crippen molar-refractivity contribution < 1.29 is 9.90 Å². The lowest BCUT2D eigenvalue weighted by Crippen LogP contribution is -2.13. The predicted octanol–water partition coefficient (Wildman–Crippen LogP) is 3.16. The second-order valence-electron chi connectivity index (χ2n) is 3.89. The smallest absolute Gasteiger partial charge is 0.162 e. The van der Waals surface area contributed by atoms with Crippen LogP contribution in [0.3, 0.4) is 0 Å². The van der Waals surface area contributed by atoms with E-state index in [1.165, 1.54) is 4.88 Å². The van der Waals surface area contributed by atoms with Gasteiger partial charge < -0.3 is 5.11 Å². The Morgan fingerprint density at radius 2 is 2.20 bits per heavy atom. The van der Waals surface area contributed by atoms with Gasteiger partial charge in [-0.25, -0.2) is 0 Å². The fourth-order valence-corrected chi connectivity index (χ4v) is 2.74. The van der Waals surface area contributed by atoms with Crippen molar-refractivity contribution in [3.8, 4) is 0 Å². The number of carbonyl (C=O) groups excluding carboxylic acids is 1. The first-order valence-electron chi connectivity index (χ1n) is 5.16. The zero-order valence-electron chi connectivity index (χ0n) is 8.75. The average Bonchev–Trinajstić information content (AvgIpc) is 2.58. The maximum atomic E-state index is 11.6. The van der Waals surface area contributed by atoms with Crippen molar-refractivity contribution in [3.05, 3.63) is 33.2 Å². The van der Waals surface area contributed by atoms with Crippen LogP contribution >= 0.6 is 11.3 Å². The Morgan fingerprint density at radius 1 is 1.40 bits per heavy atom. The standard InChI is InChI=1S/C12H14O2S/c1-8-5-6-9(15-8)7-10-11(13)3-2-4-12(10)14/h5-6,13H,2-4,7H2,1H3. The van der Waals surface area contributed by atoms with E-state index >= 15 is 0 Å². The van der Waals surface area contributed by atoms with Crippen LogP contribution in [0.15, 0.2) is 23.5 Å². The first-order valence-corrected chi connectivity index (χ1v) is 5.98. The molecule has 0 fully saturated rings. The van der Waals surface area contributed by atoms with Crippen molar-refractivity contribution >= 4 is 17.1 Å². The summed E-state index contributed by atoms with van der Waals surface area (Å²) in [7, 11) is 0. The van der Waals surface area contributed by atoms with Gasteiger partial charge >= 0.3 is 0 Å². The lowest BCUT2D eigenvalue weighted by Gasteiger charge is -2.14. The molecule has 0 aromatic carbocycles. The van der Waals surface area contributed by atoms with E-state index in [0.29, 0.717) is 30.6 Å². The molecule has 0 amide bonds. The van der Waals surface area contributed by atoms with Crippen molar-refractivity contribution in [3.63, 3.8) is 0 Å². The normalized spacial score (nSPS) is 17.3. The number of allylic oxidation sites excluding steroid dienone is 2. The molecule has 1 heterocycles. The number of aliphatic hydroxyl groups is 1. The molecule has 0 atom stereocenters. The van der Waals surface area contributed by atoms with Gasteiger partial charge in [0, 0.05) is 34.6 Å². The Bertz CT molecular complexity index is 415. The van der Waals surface area contributed by atoms with E-state index in [1.807, 2.05) is 19.1 Å². The molecule has 80 valence electrons. The van der Waals surface area contributed by atoms with Crippen molar-refractivity contribution in [2.24, 2.45) is 0 Å². The van der Waals surface area contributed by atoms with Crippen molar-refractivity contribution in [1.82, 2.24) is 0 Å². The maximum absolute atomic E-state index is 11.6. The third kappa shape index (κ3) is 2.29. The highest BCUT2D eigenvalue weighted by Crippen LogP contribution is 2.26. The summed E-state index contributed by atoms with van der Waals surface area (Å²) in [6.07, 6.45) is 2.63. The fourth-order valence-electron chi connectivity index (χ4n) is 1.83. The summed E-state index contributed by atoms with van der Waals surface area (Å²) in [5.74, 6) is 0.419. The largest absolute Gasteiger partial charge is 0.512 e. The van der Waals surface area contributed by atoms with Gasteiger partial charge in [-0.1, -0.05) is 0 Å². The molecule has 2 rings (SSSR count). The molecule has 1 aliphatic carbocycles. The first kappa shape index (κ1) is 10.4. The topological polar surface area (TPSA) is 37.3 Å². The highest BCUT2D eigenvalue weighted by molar-refractivity contribution is 7.11. The van der Waals surface area contributed by atoms with Crippen LogP contribution in [0.5, 0.6) is 0 Å². The van der Waals surface area contributed by atoms with Gasteiger partial charge in [-0.3, -0.25) is 4.79 Å². The van der Waals surface area contributed by atoms with Crippen LogP contribution in [-0.2, 0) is 11.2 Å². The van der Waals surface area contributed by atoms with Gasteiger partial charge in [-0.15, -0.1) is 11.3 Å². The molecule has 0 spiro atoms. The lowest BCUT2D eigenvalue weighted by molar-refractivity contribution is -0.116. The fraction of sp³-hybridized carbons (Fsp3) is 0.417. The zero-order valence-corrected chi connectivity index (χ0v) is 9.56. The molecule has 1 N–H and O–H groups in total. The third-order valence-corrected chi connectivity index (χ3v) is 3.65. The number of thiophene rings is 1. The number of rotatable bonds is 2. The first-order chi connectivity index (χ1) is 7.16. The Morgan fingerprint density at radius 3 is 2.80 bits per heavy atom. The maximum Gasteiger partial charge on any atom is 0.162 e. The number of carbonyl (C=O) groups is 1. The summed E-state index contributed by atoms with van der Waals surface area (Å²) in [5, 5.41) is 9.67. The van der Waals surface area contributed by atoms with Gasteiger partial charge in [-0.2, -0.15) is 0 Å². The average molecular weight is 222 g/mol. The summed E-state index contributed by atoms with van der Waals surface area (Å²) in [4.78, 5) is 14.0. The van der Waals surface area contributed by atoms with Crippen LogP contribution in [0.1, 0.15) is 29.0 Å². The molecule has 15 heavy (non-hydrogen) atoms. The second-order valence-corrected chi connectivity index (χ2v) is 5.26. The number of Topliss-reactive ketones (excluding diaryl/α,β-unsaturated/α-hetero) is 1. The van der Waals surface area contributed by atoms with Gasteiger partial charge in [-0.05, 0) is 25.5 Å². The van der Waals surface area contributed by atoms with Crippen molar-refractivity contribution in [2.45, 2.75) is 32.6 Å². The molecule has 0 saturated carbocycles. The summed E-state index contributed by atoms with van der Waals surface area (Å²) in [5.41, 5.74) is 0.628. The predicted molar refractivity (Wildman–Crippen MR) is 61.3 cm³/mol. The Balaban J connectivity index is 2.20. The van der Waals surface area contributed by atoms with E-state index in [-0.39, 0.29) is 5.78 Å². The summed E-state index contributed by atoms with van der Waals surface area (Å²) in [6.45, 7) is 2.05. The molecule has 0 radical (unpaired) electrons. The summed E-state index contributed by atoms with van der Waals surface area (Å²) < 4.78 is 0. The number of ketones is 1. The minimum atomic E-state index is 0.116. The molecule has 1 aromatic rings. The number of hydrogen-bond donors (Lipinski definition) is 1. The van der Waals surface area contributed by atoms with Crippen LogP contribution in [-0.4, -0.2) is 10.9 Å². The second kappa shape index (κ2) is 4.19. The van der Waals surface area contributed by atoms with Gasteiger partial charge in [0.15, 0.2) is 5.78 Å². The van der Waals surface area contributed by atoms with Gasteiger partial charge in [0.05, 0.1) is 5.76 Å². The highest BCUT2D eigenvalue weighted by atomic mass is 32.1. The number of hydrogen-bond acceptors (Lipinski definition) is 3. The third-order valence-electron chi connectivity index (χ3n) is 2.65. The molecular formula is C12H14O2S. The number of aryl methyl sites for hydroxylation is 1. The monoisotopic (exact) mass is 222 g/mol. The van der Waals surface area contributed by atoms with Crippen LogP contribution in [0.25, 0.3) is 0 Å². The van der Waals surface area contributed by atoms with E-state index in [1.54, 1.807) is 11.3 Å². The van der Waals surface area contributed by atoms with E-state index < -0.39 is 0 Å². The van der Waals surface area contributed by atoms with E-state index in [4.69, 9.17) is 0 Å². The van der Waals surface area contributed by atoms with Crippen molar-refractivity contribution in [1.29, 1.82) is 0 Å². The number of aliphatic hydroxyl groups excluding tert-OH is 1. The lowest BCUT2D eigenvalue weighted by atomic mass is 9.94. The van der Waals surface area contributed by atoms with E-state index in [0.717, 1.165) is 11.3 Å². The molecule has 1 aromatic heterocycles. The van der Waals surface area contributed by atoms with Crippen LogP contribution in [0.2, 0.25) is 0 Å². The van der Waals surface area contributed by atoms with Crippen LogP contribution in [0, 0.1) is 6.92 Å². The van der Waals surface area contributed by atoms with Crippen LogP contribution in [0.4, 0.5) is 0 Å². The summed E-state index contributed by atoms with van der Waals surface area (Å²) >= 11 is 1.69. The highest BCUT2D eigenvalue weighted by Gasteiger charge is 2.20. The molecular weight excluding hydrogens is 208 g/mol. The zero-order chi connectivity index (χ0) is 10.8. The van der Waals surface area contributed by atoms with Gasteiger partial charge in [0.25, 0.3) is 0 Å². The molecule has 0 aliphatic heterocycles. The van der Waals surface area contributed by atoms with Crippen LogP contribution < -0.4 is 0 Å². The Labute approximate surface area is 93.3 Å². The molecule has 1 aliphatic rings. The minimum absolute atomic E-state index is 0.116.